The molecule has 3 aliphatic rings. The molecule has 3 aliphatic heterocycles. The third-order valence-corrected chi connectivity index (χ3v) is 6.26. The van der Waals surface area contributed by atoms with Gasteiger partial charge in [0.05, 0.1) is 22.5 Å². The zero-order chi connectivity index (χ0) is 20.2. The lowest BCUT2D eigenvalue weighted by Gasteiger charge is -2.29. The standard InChI is InChI=1S/C19H21ClN4O4/c1-2-3-7-24-16(26)13-11(8-12(21)25)23-19(14(13)17(24)27)9-5-4-6-10(20)15(9)22-18(19)28/h4-6,11,13-14,23H,2-3,7-8H2,1H3,(H2,21,25)(H,22,28). The molecule has 1 spiro atoms. The fourth-order valence-corrected chi connectivity index (χ4v) is 5.00. The summed E-state index contributed by atoms with van der Waals surface area (Å²) in [6.07, 6.45) is 1.35. The number of fused-ring (bicyclic) bond motifs is 4. The predicted molar refractivity (Wildman–Crippen MR) is 101 cm³/mol. The number of unbranched alkanes of at least 4 members (excludes halogenated alkanes) is 1. The molecule has 3 heterocycles. The largest absolute Gasteiger partial charge is 0.370 e. The molecule has 0 aliphatic carbocycles. The molecule has 28 heavy (non-hydrogen) atoms. The van der Waals surface area contributed by atoms with Crippen molar-refractivity contribution < 1.29 is 19.2 Å². The maximum atomic E-state index is 13.3. The Bertz CT molecular complexity index is 904. The number of primary amides is 1. The van der Waals surface area contributed by atoms with E-state index in [4.69, 9.17) is 17.3 Å². The maximum Gasteiger partial charge on any atom is 0.250 e. The highest BCUT2D eigenvalue weighted by atomic mass is 35.5. The van der Waals surface area contributed by atoms with Gasteiger partial charge in [0.1, 0.15) is 5.54 Å². The molecule has 4 amide bonds. The van der Waals surface area contributed by atoms with Crippen LogP contribution in [0, 0.1) is 11.8 Å². The van der Waals surface area contributed by atoms with Gasteiger partial charge in [-0.1, -0.05) is 37.1 Å². The fourth-order valence-electron chi connectivity index (χ4n) is 4.78. The van der Waals surface area contributed by atoms with Crippen molar-refractivity contribution in [3.8, 4) is 0 Å². The van der Waals surface area contributed by atoms with Crippen LogP contribution in [0.1, 0.15) is 31.7 Å². The molecule has 0 bridgehead atoms. The van der Waals surface area contributed by atoms with Crippen LogP contribution in [0.3, 0.4) is 0 Å². The summed E-state index contributed by atoms with van der Waals surface area (Å²) in [4.78, 5) is 52.3. The average Bonchev–Trinajstić information content (AvgIpc) is 3.20. The van der Waals surface area contributed by atoms with Gasteiger partial charge in [-0.2, -0.15) is 0 Å². The van der Waals surface area contributed by atoms with Gasteiger partial charge in [0.25, 0.3) is 0 Å². The topological polar surface area (TPSA) is 122 Å². The Hall–Kier alpha value is -2.45. The smallest absolute Gasteiger partial charge is 0.250 e. The third kappa shape index (κ3) is 2.41. The van der Waals surface area contributed by atoms with E-state index in [2.05, 4.69) is 10.6 Å². The summed E-state index contributed by atoms with van der Waals surface area (Å²) < 4.78 is 0. The van der Waals surface area contributed by atoms with E-state index in [0.717, 1.165) is 6.42 Å². The summed E-state index contributed by atoms with van der Waals surface area (Å²) in [5.74, 6) is -3.58. The zero-order valence-corrected chi connectivity index (χ0v) is 16.1. The number of carbonyl (C=O) groups excluding carboxylic acids is 4. The first kappa shape index (κ1) is 18.9. The van der Waals surface area contributed by atoms with Gasteiger partial charge in [-0.3, -0.25) is 29.4 Å². The number of halogens is 1. The quantitative estimate of drug-likeness (QED) is 0.625. The maximum absolute atomic E-state index is 13.3. The number of amides is 4. The normalized spacial score (nSPS) is 30.7. The summed E-state index contributed by atoms with van der Waals surface area (Å²) in [5.41, 5.74) is 4.88. The fraction of sp³-hybridized carbons (Fsp3) is 0.474. The van der Waals surface area contributed by atoms with Crippen molar-refractivity contribution in [3.05, 3.63) is 28.8 Å². The van der Waals surface area contributed by atoms with Crippen LogP contribution in [0.4, 0.5) is 5.69 Å². The van der Waals surface area contributed by atoms with Crippen molar-refractivity contribution in [2.24, 2.45) is 17.6 Å². The number of hydrogen-bond donors (Lipinski definition) is 3. The van der Waals surface area contributed by atoms with Gasteiger partial charge in [0.2, 0.25) is 23.6 Å². The Morgan fingerprint density at radius 3 is 2.71 bits per heavy atom. The van der Waals surface area contributed by atoms with E-state index < -0.39 is 41.1 Å². The molecule has 148 valence electrons. The number of nitrogens with one attached hydrogen (secondary N) is 2. The van der Waals surface area contributed by atoms with Crippen LogP contribution in [0.15, 0.2) is 18.2 Å². The first-order valence-electron chi connectivity index (χ1n) is 9.34. The second-order valence-corrected chi connectivity index (χ2v) is 7.94. The average molecular weight is 405 g/mol. The van der Waals surface area contributed by atoms with Crippen LogP contribution in [-0.2, 0) is 24.7 Å². The van der Waals surface area contributed by atoms with Gasteiger partial charge in [-0.15, -0.1) is 0 Å². The Kier molecular flexibility index (Phi) is 4.43. The lowest BCUT2D eigenvalue weighted by molar-refractivity contribution is -0.142. The number of carbonyl (C=O) groups is 4. The van der Waals surface area contributed by atoms with Crippen LogP contribution >= 0.6 is 11.6 Å². The lowest BCUT2D eigenvalue weighted by atomic mass is 9.76. The van der Waals surface area contributed by atoms with Crippen molar-refractivity contribution >= 4 is 40.9 Å². The Labute approximate surface area is 166 Å². The molecule has 8 nitrogen and oxygen atoms in total. The van der Waals surface area contributed by atoms with Crippen molar-refractivity contribution in [2.75, 3.05) is 11.9 Å². The first-order chi connectivity index (χ1) is 13.3. The number of nitrogens with two attached hydrogens (primary N) is 1. The van der Waals surface area contributed by atoms with Gasteiger partial charge in [-0.05, 0) is 12.5 Å². The number of para-hydroxylation sites is 1. The van der Waals surface area contributed by atoms with Crippen molar-refractivity contribution in [1.29, 1.82) is 0 Å². The number of benzene rings is 1. The predicted octanol–water partition coefficient (Wildman–Crippen LogP) is 0.736. The third-order valence-electron chi connectivity index (χ3n) is 5.95. The summed E-state index contributed by atoms with van der Waals surface area (Å²) in [6, 6.07) is 4.34. The number of anilines is 1. The molecule has 4 atom stereocenters. The Morgan fingerprint density at radius 1 is 1.29 bits per heavy atom. The summed E-state index contributed by atoms with van der Waals surface area (Å²) in [5, 5.41) is 6.22. The SMILES string of the molecule is CCCCN1C(=O)C2C(CC(N)=O)NC3(C(=O)Nc4c(Cl)cccc43)C2C1=O. The highest BCUT2D eigenvalue weighted by Crippen LogP contribution is 2.54. The van der Waals surface area contributed by atoms with Crippen molar-refractivity contribution in [3.63, 3.8) is 0 Å². The monoisotopic (exact) mass is 404 g/mol. The summed E-state index contributed by atoms with van der Waals surface area (Å²) in [7, 11) is 0. The van der Waals surface area contributed by atoms with E-state index >= 15 is 0 Å². The highest BCUT2D eigenvalue weighted by Gasteiger charge is 2.70. The van der Waals surface area contributed by atoms with E-state index in [9.17, 15) is 19.2 Å². The molecule has 0 saturated carbocycles. The van der Waals surface area contributed by atoms with Crippen LogP contribution in [0.25, 0.3) is 0 Å². The van der Waals surface area contributed by atoms with Gasteiger partial charge in [-0.25, -0.2) is 0 Å². The molecule has 2 fully saturated rings. The zero-order valence-electron chi connectivity index (χ0n) is 15.3. The minimum atomic E-state index is -1.45. The first-order valence-corrected chi connectivity index (χ1v) is 9.72. The number of likely N-dealkylation sites (tertiary alicyclic amines) is 1. The molecule has 1 aromatic carbocycles. The molecule has 4 unspecified atom stereocenters. The molecule has 0 radical (unpaired) electrons. The van der Waals surface area contributed by atoms with E-state index in [1.807, 2.05) is 6.92 Å². The highest BCUT2D eigenvalue weighted by molar-refractivity contribution is 6.35. The molecule has 2 saturated heterocycles. The molecular formula is C19H21ClN4O4. The van der Waals surface area contributed by atoms with E-state index in [-0.39, 0.29) is 12.3 Å². The van der Waals surface area contributed by atoms with Gasteiger partial charge < -0.3 is 11.1 Å². The van der Waals surface area contributed by atoms with Crippen LogP contribution < -0.4 is 16.4 Å². The Balaban J connectivity index is 1.85. The van der Waals surface area contributed by atoms with Gasteiger partial charge in [0, 0.05) is 24.6 Å². The minimum absolute atomic E-state index is 0.146. The summed E-state index contributed by atoms with van der Waals surface area (Å²) in [6.45, 7) is 2.26. The molecule has 1 aromatic rings. The van der Waals surface area contributed by atoms with Gasteiger partial charge in [0.15, 0.2) is 0 Å². The van der Waals surface area contributed by atoms with E-state index in [1.165, 1.54) is 4.90 Å². The van der Waals surface area contributed by atoms with Crippen molar-refractivity contribution in [2.45, 2.75) is 37.8 Å². The number of hydrogen-bond acceptors (Lipinski definition) is 5. The van der Waals surface area contributed by atoms with Crippen molar-refractivity contribution in [1.82, 2.24) is 10.2 Å². The van der Waals surface area contributed by atoms with Crippen LogP contribution in [0.2, 0.25) is 5.02 Å². The molecule has 0 aromatic heterocycles. The van der Waals surface area contributed by atoms with Crippen LogP contribution in [-0.4, -0.2) is 41.1 Å². The Morgan fingerprint density at radius 2 is 2.04 bits per heavy atom. The van der Waals surface area contributed by atoms with Crippen LogP contribution in [0.5, 0.6) is 0 Å². The number of rotatable bonds is 5. The van der Waals surface area contributed by atoms with E-state index in [0.29, 0.717) is 29.2 Å². The second kappa shape index (κ2) is 6.56. The molecule has 9 heteroatoms. The molecular weight excluding hydrogens is 384 g/mol. The number of nitrogens with zero attached hydrogens (tertiary/aromatic N) is 1. The lowest BCUT2D eigenvalue weighted by Crippen LogP contribution is -2.53. The second-order valence-electron chi connectivity index (χ2n) is 7.53. The molecule has 4 N–H and O–H groups in total. The molecule has 4 rings (SSSR count). The van der Waals surface area contributed by atoms with E-state index in [1.54, 1.807) is 18.2 Å². The number of imide groups is 1. The summed E-state index contributed by atoms with van der Waals surface area (Å²) >= 11 is 6.24. The van der Waals surface area contributed by atoms with Gasteiger partial charge >= 0.3 is 0 Å². The minimum Gasteiger partial charge on any atom is -0.370 e.